The van der Waals surface area contributed by atoms with E-state index in [1.807, 2.05) is 35.6 Å². The van der Waals surface area contributed by atoms with Gasteiger partial charge in [0.1, 0.15) is 0 Å². The Balaban J connectivity index is 2.43. The van der Waals surface area contributed by atoms with E-state index in [1.165, 1.54) is 0 Å². The summed E-state index contributed by atoms with van der Waals surface area (Å²) in [5.74, 6) is 0. The van der Waals surface area contributed by atoms with Gasteiger partial charge >= 0.3 is 0 Å². The van der Waals surface area contributed by atoms with Gasteiger partial charge in [0.25, 0.3) is 10.0 Å². The molecule has 20 heavy (non-hydrogen) atoms. The van der Waals surface area contributed by atoms with Crippen LogP contribution in [0.1, 0.15) is 11.1 Å². The van der Waals surface area contributed by atoms with Crippen LogP contribution in [0.4, 0.5) is 5.69 Å². The van der Waals surface area contributed by atoms with Gasteiger partial charge < -0.3 is 0 Å². The Labute approximate surface area is 137 Å². The zero-order valence-electron chi connectivity index (χ0n) is 10.9. The number of nitrogens with one attached hydrogen (secondary N) is 1. The van der Waals surface area contributed by atoms with Gasteiger partial charge in [0, 0.05) is 8.59 Å². The maximum atomic E-state index is 12.5. The van der Waals surface area contributed by atoms with E-state index in [1.54, 1.807) is 37.3 Å². The lowest BCUT2D eigenvalue weighted by molar-refractivity contribution is 0.600. The van der Waals surface area contributed by atoms with E-state index < -0.39 is 10.0 Å². The fraction of sp³-hybridized carbons (Fsp3) is 0.143. The lowest BCUT2D eigenvalue weighted by Crippen LogP contribution is -2.15. The van der Waals surface area contributed by atoms with E-state index in [0.717, 1.165) is 9.13 Å². The van der Waals surface area contributed by atoms with Crippen molar-refractivity contribution >= 4 is 49.9 Å². The minimum atomic E-state index is -3.60. The summed E-state index contributed by atoms with van der Waals surface area (Å²) in [5, 5.41) is 0.573. The fourth-order valence-corrected chi connectivity index (χ4v) is 4.37. The number of hydrogen-bond donors (Lipinski definition) is 1. The Morgan fingerprint density at radius 1 is 1.10 bits per heavy atom. The molecule has 0 amide bonds. The van der Waals surface area contributed by atoms with Crippen LogP contribution in [0.3, 0.4) is 0 Å². The van der Waals surface area contributed by atoms with Crippen molar-refractivity contribution in [3.05, 3.63) is 56.1 Å². The first kappa shape index (κ1) is 15.6. The number of sulfonamides is 1. The topological polar surface area (TPSA) is 46.2 Å². The molecule has 106 valence electrons. The predicted molar refractivity (Wildman–Crippen MR) is 90.9 cm³/mol. The van der Waals surface area contributed by atoms with Gasteiger partial charge in [0.2, 0.25) is 0 Å². The first-order valence-corrected chi connectivity index (χ1v) is 8.79. The van der Waals surface area contributed by atoms with Crippen molar-refractivity contribution < 1.29 is 8.42 Å². The molecule has 0 unspecified atom stereocenters. The Hall–Kier alpha value is -0.790. The highest BCUT2D eigenvalue weighted by Crippen LogP contribution is 2.26. The summed E-state index contributed by atoms with van der Waals surface area (Å²) in [5.41, 5.74) is 2.14. The Morgan fingerprint density at radius 2 is 1.80 bits per heavy atom. The predicted octanol–water partition coefficient (Wildman–Crippen LogP) is 4.36. The largest absolute Gasteiger partial charge is 0.279 e. The summed E-state index contributed by atoms with van der Waals surface area (Å²) in [7, 11) is -3.60. The fourth-order valence-electron chi connectivity index (χ4n) is 1.77. The molecule has 0 aliphatic carbocycles. The highest BCUT2D eigenvalue weighted by molar-refractivity contribution is 14.1. The molecule has 2 aromatic carbocycles. The quantitative estimate of drug-likeness (QED) is 0.749. The third kappa shape index (κ3) is 3.45. The van der Waals surface area contributed by atoms with Crippen LogP contribution in [-0.2, 0) is 10.0 Å². The van der Waals surface area contributed by atoms with Crippen molar-refractivity contribution in [1.29, 1.82) is 0 Å². The average Bonchev–Trinajstić information content (AvgIpc) is 2.35. The maximum absolute atomic E-state index is 12.5. The summed E-state index contributed by atoms with van der Waals surface area (Å²) < 4.78 is 28.3. The Morgan fingerprint density at radius 3 is 2.45 bits per heavy atom. The third-order valence-electron chi connectivity index (χ3n) is 2.81. The molecule has 0 aliphatic rings. The van der Waals surface area contributed by atoms with Gasteiger partial charge in [-0.2, -0.15) is 0 Å². The maximum Gasteiger partial charge on any atom is 0.262 e. The van der Waals surface area contributed by atoms with Crippen LogP contribution in [0.15, 0.2) is 41.3 Å². The third-order valence-corrected chi connectivity index (χ3v) is 5.44. The molecule has 0 radical (unpaired) electrons. The number of anilines is 1. The van der Waals surface area contributed by atoms with Crippen LogP contribution in [0.5, 0.6) is 0 Å². The highest BCUT2D eigenvalue weighted by Gasteiger charge is 2.18. The van der Waals surface area contributed by atoms with E-state index in [-0.39, 0.29) is 0 Å². The molecule has 0 aliphatic heterocycles. The SMILES string of the molecule is Cc1ccc(C)c(S(=O)(=O)Nc2ccc(Cl)cc2I)c1. The zero-order valence-corrected chi connectivity index (χ0v) is 14.7. The van der Waals surface area contributed by atoms with Gasteiger partial charge in [-0.25, -0.2) is 8.42 Å². The van der Waals surface area contributed by atoms with Gasteiger partial charge in [-0.1, -0.05) is 23.7 Å². The second-order valence-corrected chi connectivity index (χ2v) is 7.75. The molecule has 6 heteroatoms. The van der Waals surface area contributed by atoms with Crippen molar-refractivity contribution in [1.82, 2.24) is 0 Å². The standard InChI is InChI=1S/C14H13ClINO2S/c1-9-3-4-10(2)14(7-9)20(18,19)17-13-6-5-11(15)8-12(13)16/h3-8,17H,1-2H3. The number of hydrogen-bond acceptors (Lipinski definition) is 2. The molecule has 0 saturated heterocycles. The number of aryl methyl sites for hydroxylation is 2. The second-order valence-electron chi connectivity index (χ2n) is 4.50. The second kappa shape index (κ2) is 5.91. The summed E-state index contributed by atoms with van der Waals surface area (Å²) >= 11 is 7.92. The number of benzene rings is 2. The molecule has 1 N–H and O–H groups in total. The zero-order chi connectivity index (χ0) is 14.9. The monoisotopic (exact) mass is 421 g/mol. The summed E-state index contributed by atoms with van der Waals surface area (Å²) in [4.78, 5) is 0.295. The van der Waals surface area contributed by atoms with Gasteiger partial charge in [-0.05, 0) is 71.8 Å². The molecule has 0 spiro atoms. The van der Waals surface area contributed by atoms with Crippen LogP contribution < -0.4 is 4.72 Å². The molecular weight excluding hydrogens is 409 g/mol. The molecule has 0 atom stereocenters. The first-order chi connectivity index (χ1) is 9.29. The average molecular weight is 422 g/mol. The number of rotatable bonds is 3. The number of halogens is 2. The van der Waals surface area contributed by atoms with E-state index in [4.69, 9.17) is 11.6 Å². The van der Waals surface area contributed by atoms with Crippen LogP contribution in [0, 0.1) is 17.4 Å². The molecule has 0 heterocycles. The van der Waals surface area contributed by atoms with Crippen LogP contribution in [-0.4, -0.2) is 8.42 Å². The molecular formula is C14H13ClINO2S. The van der Waals surface area contributed by atoms with E-state index in [9.17, 15) is 8.42 Å². The minimum Gasteiger partial charge on any atom is -0.279 e. The smallest absolute Gasteiger partial charge is 0.262 e. The van der Waals surface area contributed by atoms with E-state index in [2.05, 4.69) is 4.72 Å². The molecule has 0 aromatic heterocycles. The van der Waals surface area contributed by atoms with Crippen LogP contribution in [0.25, 0.3) is 0 Å². The Bertz CT molecular complexity index is 760. The van der Waals surface area contributed by atoms with Gasteiger partial charge in [0.05, 0.1) is 10.6 Å². The molecule has 0 bridgehead atoms. The molecule has 2 rings (SSSR count). The summed E-state index contributed by atoms with van der Waals surface area (Å²) in [6, 6.07) is 10.4. The van der Waals surface area contributed by atoms with Crippen LogP contribution in [0.2, 0.25) is 5.02 Å². The minimum absolute atomic E-state index is 0.295. The Kier molecular flexibility index (Phi) is 4.61. The van der Waals surface area contributed by atoms with Gasteiger partial charge in [0.15, 0.2) is 0 Å². The van der Waals surface area contributed by atoms with Gasteiger partial charge in [-0.15, -0.1) is 0 Å². The molecule has 0 saturated carbocycles. The van der Waals surface area contributed by atoms with Crippen molar-refractivity contribution in [2.24, 2.45) is 0 Å². The van der Waals surface area contributed by atoms with Gasteiger partial charge in [-0.3, -0.25) is 4.72 Å². The molecule has 3 nitrogen and oxygen atoms in total. The molecule has 2 aromatic rings. The van der Waals surface area contributed by atoms with Crippen molar-refractivity contribution in [2.75, 3.05) is 4.72 Å². The van der Waals surface area contributed by atoms with E-state index >= 15 is 0 Å². The summed E-state index contributed by atoms with van der Waals surface area (Å²) in [6.45, 7) is 3.64. The highest BCUT2D eigenvalue weighted by atomic mass is 127. The first-order valence-electron chi connectivity index (χ1n) is 5.85. The van der Waals surface area contributed by atoms with Crippen LogP contribution >= 0.6 is 34.2 Å². The van der Waals surface area contributed by atoms with E-state index in [0.29, 0.717) is 21.2 Å². The van der Waals surface area contributed by atoms with Crippen molar-refractivity contribution in [3.8, 4) is 0 Å². The van der Waals surface area contributed by atoms with Crippen molar-refractivity contribution in [2.45, 2.75) is 18.7 Å². The lowest BCUT2D eigenvalue weighted by Gasteiger charge is -2.12. The summed E-state index contributed by atoms with van der Waals surface area (Å²) in [6.07, 6.45) is 0. The lowest BCUT2D eigenvalue weighted by atomic mass is 10.2. The van der Waals surface area contributed by atoms with Crippen molar-refractivity contribution in [3.63, 3.8) is 0 Å². The normalized spacial score (nSPS) is 11.4. The molecule has 0 fully saturated rings.